The van der Waals surface area contributed by atoms with Crippen LogP contribution in [0.2, 0.25) is 0 Å². The molecule has 1 N–H and O–H groups in total. The molecule has 1 aromatic rings. The van der Waals surface area contributed by atoms with Crippen LogP contribution in [0, 0.1) is 6.92 Å². The Bertz CT molecular complexity index is 209. The lowest BCUT2D eigenvalue weighted by Gasteiger charge is -1.94. The van der Waals surface area contributed by atoms with Crippen molar-refractivity contribution in [2.24, 2.45) is 7.05 Å². The van der Waals surface area contributed by atoms with E-state index >= 15 is 0 Å². The second-order valence-corrected chi connectivity index (χ2v) is 1.88. The number of aliphatic hydroxyl groups excluding tert-OH is 1. The Morgan fingerprint density at radius 3 is 1.77 bits per heavy atom. The first-order valence-corrected chi connectivity index (χ1v) is 4.71. The van der Waals surface area contributed by atoms with Crippen molar-refractivity contribution >= 4 is 0 Å². The fourth-order valence-corrected chi connectivity index (χ4v) is 0.589. The molecule has 0 saturated heterocycles. The highest BCUT2D eigenvalue weighted by Crippen LogP contribution is 1.94. The van der Waals surface area contributed by atoms with Crippen molar-refractivity contribution in [2.45, 2.75) is 41.2 Å². The average Bonchev–Trinajstić information content (AvgIpc) is 2.54. The van der Waals surface area contributed by atoms with Gasteiger partial charge in [-0.05, 0) is 6.92 Å². The van der Waals surface area contributed by atoms with Gasteiger partial charge in [-0.15, -0.1) is 10.2 Å². The first kappa shape index (κ1) is 14.6. The number of rotatable bonds is 1. The summed E-state index contributed by atoms with van der Waals surface area (Å²) in [6.45, 7) is 9.80. The van der Waals surface area contributed by atoms with Gasteiger partial charge in [-0.3, -0.25) is 0 Å². The Morgan fingerprint density at radius 1 is 1.15 bits per heavy atom. The predicted molar refractivity (Wildman–Crippen MR) is 54.4 cm³/mol. The van der Waals surface area contributed by atoms with Crippen LogP contribution >= 0.6 is 0 Å². The Morgan fingerprint density at radius 2 is 1.62 bits per heavy atom. The number of hydrogen-bond acceptors (Lipinski definition) is 3. The first-order valence-electron chi connectivity index (χ1n) is 4.71. The molecule has 1 heterocycles. The van der Waals surface area contributed by atoms with E-state index in [1.165, 1.54) is 0 Å². The lowest BCUT2D eigenvalue weighted by Crippen LogP contribution is -1.98. The topological polar surface area (TPSA) is 50.9 Å². The van der Waals surface area contributed by atoms with E-state index < -0.39 is 0 Å². The summed E-state index contributed by atoms with van der Waals surface area (Å²) in [5.74, 6) is 1.42. The van der Waals surface area contributed by atoms with E-state index in [9.17, 15) is 0 Å². The number of nitrogens with zero attached hydrogens (tertiary/aromatic N) is 3. The molecule has 1 aromatic heterocycles. The highest BCUT2D eigenvalue weighted by molar-refractivity contribution is 4.89. The summed E-state index contributed by atoms with van der Waals surface area (Å²) in [6.07, 6.45) is 0. The molecule has 0 radical (unpaired) electrons. The summed E-state index contributed by atoms with van der Waals surface area (Å²) < 4.78 is 1.75. The molecule has 0 saturated carbocycles. The Labute approximate surface area is 80.6 Å². The summed E-state index contributed by atoms with van der Waals surface area (Å²) >= 11 is 0. The summed E-state index contributed by atoms with van der Waals surface area (Å²) in [4.78, 5) is 0. The van der Waals surface area contributed by atoms with Crippen LogP contribution in [0.3, 0.4) is 0 Å². The molecule has 0 fully saturated rings. The zero-order chi connectivity index (χ0) is 10.9. The average molecular weight is 187 g/mol. The molecule has 0 bridgehead atoms. The quantitative estimate of drug-likeness (QED) is 0.727. The summed E-state index contributed by atoms with van der Waals surface area (Å²) in [6, 6.07) is 0. The molecule has 0 aliphatic heterocycles. The molecule has 4 heteroatoms. The smallest absolute Gasteiger partial charge is 0.158 e. The van der Waals surface area contributed by atoms with Crippen LogP contribution in [0.15, 0.2) is 0 Å². The van der Waals surface area contributed by atoms with Gasteiger partial charge in [0.15, 0.2) is 5.82 Å². The number of aliphatic hydroxyl groups is 1. The van der Waals surface area contributed by atoms with Crippen LogP contribution in [0.1, 0.15) is 39.3 Å². The predicted octanol–water partition coefficient (Wildman–Crippen LogP) is 1.67. The standard InChI is InChI=1S/C5H9N3O.2C2H6/c1-4-6-7-5(3-9)8(4)2;2*1-2/h9H,3H2,1-2H3;2*1-2H3. The van der Waals surface area contributed by atoms with Crippen molar-refractivity contribution in [1.29, 1.82) is 0 Å². The normalized spacial score (nSPS) is 7.92. The van der Waals surface area contributed by atoms with Gasteiger partial charge in [0.25, 0.3) is 0 Å². The highest BCUT2D eigenvalue weighted by Gasteiger charge is 2.00. The van der Waals surface area contributed by atoms with E-state index in [0.717, 1.165) is 5.82 Å². The molecular weight excluding hydrogens is 166 g/mol. The Hall–Kier alpha value is -0.900. The van der Waals surface area contributed by atoms with Gasteiger partial charge < -0.3 is 9.67 Å². The van der Waals surface area contributed by atoms with Crippen molar-refractivity contribution < 1.29 is 5.11 Å². The van der Waals surface area contributed by atoms with E-state index in [4.69, 9.17) is 5.11 Å². The highest BCUT2D eigenvalue weighted by atomic mass is 16.3. The molecule has 78 valence electrons. The second kappa shape index (κ2) is 9.19. The molecule has 0 atom stereocenters. The molecule has 0 aliphatic rings. The molecule has 0 aliphatic carbocycles. The van der Waals surface area contributed by atoms with E-state index in [2.05, 4.69) is 10.2 Å². The molecule has 0 amide bonds. The van der Waals surface area contributed by atoms with Crippen LogP contribution in [-0.4, -0.2) is 19.9 Å². The Balaban J connectivity index is 0. The Kier molecular flexibility index (Phi) is 10.3. The second-order valence-electron chi connectivity index (χ2n) is 1.88. The van der Waals surface area contributed by atoms with E-state index in [1.807, 2.05) is 41.7 Å². The maximum Gasteiger partial charge on any atom is 0.158 e. The SMILES string of the molecule is CC.CC.Cc1nnc(CO)n1C. The van der Waals surface area contributed by atoms with Crippen molar-refractivity contribution in [2.75, 3.05) is 0 Å². The summed E-state index contributed by atoms with van der Waals surface area (Å²) in [5.41, 5.74) is 0. The van der Waals surface area contributed by atoms with Gasteiger partial charge in [0.05, 0.1) is 0 Å². The molecule has 1 rings (SSSR count). The van der Waals surface area contributed by atoms with Crippen molar-refractivity contribution in [1.82, 2.24) is 14.8 Å². The molecule has 13 heavy (non-hydrogen) atoms. The number of aromatic nitrogens is 3. The number of hydrogen-bond donors (Lipinski definition) is 1. The van der Waals surface area contributed by atoms with Gasteiger partial charge in [-0.1, -0.05) is 27.7 Å². The van der Waals surface area contributed by atoms with Crippen LogP contribution in [0.25, 0.3) is 0 Å². The van der Waals surface area contributed by atoms with Gasteiger partial charge in [-0.2, -0.15) is 0 Å². The van der Waals surface area contributed by atoms with Crippen LogP contribution in [0.4, 0.5) is 0 Å². The summed E-state index contributed by atoms with van der Waals surface area (Å²) in [5, 5.41) is 16.0. The van der Waals surface area contributed by atoms with E-state index in [0.29, 0.717) is 5.82 Å². The largest absolute Gasteiger partial charge is 0.388 e. The number of aryl methyl sites for hydroxylation is 1. The van der Waals surface area contributed by atoms with Crippen molar-refractivity contribution in [3.8, 4) is 0 Å². The molecular formula is C9H21N3O. The van der Waals surface area contributed by atoms with Gasteiger partial charge in [0.2, 0.25) is 0 Å². The van der Waals surface area contributed by atoms with Gasteiger partial charge >= 0.3 is 0 Å². The van der Waals surface area contributed by atoms with Crippen molar-refractivity contribution in [3.63, 3.8) is 0 Å². The third-order valence-corrected chi connectivity index (χ3v) is 1.32. The minimum absolute atomic E-state index is 0.0443. The molecule has 0 aromatic carbocycles. The third kappa shape index (κ3) is 4.62. The van der Waals surface area contributed by atoms with E-state index in [1.54, 1.807) is 4.57 Å². The fraction of sp³-hybridized carbons (Fsp3) is 0.778. The maximum absolute atomic E-state index is 8.61. The maximum atomic E-state index is 8.61. The zero-order valence-corrected chi connectivity index (χ0v) is 9.50. The van der Waals surface area contributed by atoms with Crippen LogP contribution < -0.4 is 0 Å². The molecule has 4 nitrogen and oxygen atoms in total. The molecule has 0 unspecified atom stereocenters. The van der Waals surface area contributed by atoms with Gasteiger partial charge in [-0.25, -0.2) is 0 Å². The zero-order valence-electron chi connectivity index (χ0n) is 9.50. The van der Waals surface area contributed by atoms with Crippen LogP contribution in [-0.2, 0) is 13.7 Å². The monoisotopic (exact) mass is 187 g/mol. The lowest BCUT2D eigenvalue weighted by molar-refractivity contribution is 0.266. The summed E-state index contributed by atoms with van der Waals surface area (Å²) in [7, 11) is 1.82. The van der Waals surface area contributed by atoms with Crippen molar-refractivity contribution in [3.05, 3.63) is 11.6 Å². The minimum Gasteiger partial charge on any atom is -0.388 e. The van der Waals surface area contributed by atoms with Gasteiger partial charge in [0, 0.05) is 7.05 Å². The third-order valence-electron chi connectivity index (χ3n) is 1.32. The van der Waals surface area contributed by atoms with Gasteiger partial charge in [0.1, 0.15) is 12.4 Å². The minimum atomic E-state index is -0.0443. The molecule has 0 spiro atoms. The van der Waals surface area contributed by atoms with Crippen LogP contribution in [0.5, 0.6) is 0 Å². The van der Waals surface area contributed by atoms with E-state index in [-0.39, 0.29) is 6.61 Å². The lowest BCUT2D eigenvalue weighted by atomic mass is 10.6. The first-order chi connectivity index (χ1) is 6.25. The fourth-order valence-electron chi connectivity index (χ4n) is 0.589.